The number of carbonyl (C=O) groups is 2. The summed E-state index contributed by atoms with van der Waals surface area (Å²) in [6, 6.07) is -0.379. The molecule has 1 atom stereocenters. The van der Waals surface area contributed by atoms with Crippen LogP contribution in [0, 0.1) is 18.3 Å². The molecule has 0 aromatic carbocycles. The van der Waals surface area contributed by atoms with Gasteiger partial charge in [-0.05, 0) is 13.8 Å². The van der Waals surface area contributed by atoms with Crippen LogP contribution >= 0.6 is 0 Å². The standard InChI is InChI=1S/C11H18N2O3/c1-6-11(3,4)12-10(16)13(5)7-8(2)9(14)15/h1,8H,7H2,2-5H3,(H,12,16)(H,14,15). The molecule has 0 aromatic rings. The molecule has 0 saturated heterocycles. The van der Waals surface area contributed by atoms with Crippen LogP contribution in [0.5, 0.6) is 0 Å². The van der Waals surface area contributed by atoms with Crippen LogP contribution < -0.4 is 5.32 Å². The lowest BCUT2D eigenvalue weighted by Crippen LogP contribution is -2.49. The molecule has 5 nitrogen and oxygen atoms in total. The lowest BCUT2D eigenvalue weighted by Gasteiger charge is -2.25. The summed E-state index contributed by atoms with van der Waals surface area (Å²) in [5, 5.41) is 11.3. The van der Waals surface area contributed by atoms with E-state index in [2.05, 4.69) is 11.2 Å². The number of nitrogens with one attached hydrogen (secondary N) is 1. The molecule has 0 aliphatic rings. The maximum Gasteiger partial charge on any atom is 0.318 e. The topological polar surface area (TPSA) is 69.6 Å². The zero-order valence-electron chi connectivity index (χ0n) is 10.1. The van der Waals surface area contributed by atoms with Gasteiger partial charge in [0.25, 0.3) is 0 Å². The minimum Gasteiger partial charge on any atom is -0.481 e. The summed E-state index contributed by atoms with van der Waals surface area (Å²) in [6.45, 7) is 5.07. The predicted molar refractivity (Wildman–Crippen MR) is 60.9 cm³/mol. The Balaban J connectivity index is 4.32. The van der Waals surface area contributed by atoms with Crippen molar-refractivity contribution >= 4 is 12.0 Å². The van der Waals surface area contributed by atoms with Gasteiger partial charge in [0.05, 0.1) is 11.5 Å². The molecule has 5 heteroatoms. The van der Waals surface area contributed by atoms with Gasteiger partial charge in [-0.25, -0.2) is 4.79 Å². The highest BCUT2D eigenvalue weighted by atomic mass is 16.4. The largest absolute Gasteiger partial charge is 0.481 e. The molecule has 16 heavy (non-hydrogen) atoms. The summed E-state index contributed by atoms with van der Waals surface area (Å²) in [5.74, 6) is 0.887. The van der Waals surface area contributed by atoms with Crippen molar-refractivity contribution in [2.45, 2.75) is 26.3 Å². The van der Waals surface area contributed by atoms with Crippen LogP contribution in [0.4, 0.5) is 4.79 Å². The summed E-state index contributed by atoms with van der Waals surface area (Å²) < 4.78 is 0. The quantitative estimate of drug-likeness (QED) is 0.695. The van der Waals surface area contributed by atoms with Gasteiger partial charge in [0, 0.05) is 13.6 Å². The smallest absolute Gasteiger partial charge is 0.318 e. The van der Waals surface area contributed by atoms with E-state index in [0.717, 1.165) is 0 Å². The number of carbonyl (C=O) groups excluding carboxylic acids is 1. The summed E-state index contributed by atoms with van der Waals surface area (Å²) in [5.41, 5.74) is -0.738. The molecule has 0 heterocycles. The summed E-state index contributed by atoms with van der Waals surface area (Å²) >= 11 is 0. The minimum atomic E-state index is -0.934. The fourth-order valence-corrected chi connectivity index (χ4v) is 0.971. The average molecular weight is 226 g/mol. The SMILES string of the molecule is C#CC(C)(C)NC(=O)N(C)CC(C)C(=O)O. The molecule has 0 fully saturated rings. The Labute approximate surface area is 95.8 Å². The van der Waals surface area contributed by atoms with Crippen LogP contribution in [-0.4, -0.2) is 41.1 Å². The molecule has 2 N–H and O–H groups in total. The number of rotatable bonds is 4. The molecule has 0 radical (unpaired) electrons. The van der Waals surface area contributed by atoms with Crippen molar-refractivity contribution in [3.05, 3.63) is 0 Å². The molecular formula is C11H18N2O3. The Bertz CT molecular complexity index is 318. The number of aliphatic carboxylic acids is 1. The second-order valence-corrected chi connectivity index (χ2v) is 4.32. The Hall–Kier alpha value is -1.70. The first-order valence-electron chi connectivity index (χ1n) is 4.93. The average Bonchev–Trinajstić information content (AvgIpc) is 2.16. The van der Waals surface area contributed by atoms with Gasteiger partial charge < -0.3 is 15.3 Å². The van der Waals surface area contributed by atoms with E-state index in [0.29, 0.717) is 0 Å². The molecule has 0 saturated carbocycles. The highest BCUT2D eigenvalue weighted by Gasteiger charge is 2.22. The second kappa shape index (κ2) is 5.40. The van der Waals surface area contributed by atoms with Crippen LogP contribution in [0.25, 0.3) is 0 Å². The monoisotopic (exact) mass is 226 g/mol. The van der Waals surface area contributed by atoms with E-state index in [1.165, 1.54) is 11.9 Å². The number of hydrogen-bond donors (Lipinski definition) is 2. The number of nitrogens with zero attached hydrogens (tertiary/aromatic N) is 1. The molecule has 0 aliphatic heterocycles. The lowest BCUT2D eigenvalue weighted by atomic mass is 10.1. The van der Waals surface area contributed by atoms with Crippen LogP contribution in [0.2, 0.25) is 0 Å². The fraction of sp³-hybridized carbons (Fsp3) is 0.636. The van der Waals surface area contributed by atoms with Gasteiger partial charge in [0.15, 0.2) is 0 Å². The number of carboxylic acid groups (broad SMARTS) is 1. The fourth-order valence-electron chi connectivity index (χ4n) is 0.971. The highest BCUT2D eigenvalue weighted by Crippen LogP contribution is 2.03. The molecule has 0 bridgehead atoms. The Kier molecular flexibility index (Phi) is 4.83. The summed E-state index contributed by atoms with van der Waals surface area (Å²) in [4.78, 5) is 23.5. The van der Waals surface area contributed by atoms with Crippen LogP contribution in [-0.2, 0) is 4.79 Å². The van der Waals surface area contributed by atoms with Crippen molar-refractivity contribution in [2.75, 3.05) is 13.6 Å². The maximum absolute atomic E-state index is 11.6. The number of amides is 2. The maximum atomic E-state index is 11.6. The van der Waals surface area contributed by atoms with Crippen molar-refractivity contribution in [3.63, 3.8) is 0 Å². The Morgan fingerprint density at radius 1 is 1.56 bits per heavy atom. The van der Waals surface area contributed by atoms with E-state index >= 15 is 0 Å². The van der Waals surface area contributed by atoms with Crippen LogP contribution in [0.3, 0.4) is 0 Å². The van der Waals surface area contributed by atoms with E-state index in [9.17, 15) is 9.59 Å². The first-order valence-corrected chi connectivity index (χ1v) is 4.93. The third-order valence-electron chi connectivity index (χ3n) is 2.10. The molecule has 0 rings (SSSR count). The number of urea groups is 1. The van der Waals surface area contributed by atoms with Crippen LogP contribution in [0.15, 0.2) is 0 Å². The van der Waals surface area contributed by atoms with E-state index in [-0.39, 0.29) is 12.6 Å². The second-order valence-electron chi connectivity index (χ2n) is 4.32. The molecule has 1 unspecified atom stereocenters. The number of carboxylic acids is 1. The highest BCUT2D eigenvalue weighted by molar-refractivity contribution is 5.76. The summed E-state index contributed by atoms with van der Waals surface area (Å²) in [6.07, 6.45) is 5.23. The van der Waals surface area contributed by atoms with E-state index in [1.807, 2.05) is 0 Å². The van der Waals surface area contributed by atoms with Gasteiger partial charge in [-0.2, -0.15) is 0 Å². The van der Waals surface area contributed by atoms with Crippen molar-refractivity contribution in [3.8, 4) is 12.3 Å². The zero-order valence-corrected chi connectivity index (χ0v) is 10.1. The number of terminal acetylenes is 1. The van der Waals surface area contributed by atoms with Gasteiger partial charge in [0.1, 0.15) is 0 Å². The Morgan fingerprint density at radius 3 is 2.44 bits per heavy atom. The minimum absolute atomic E-state index is 0.141. The van der Waals surface area contributed by atoms with Gasteiger partial charge in [-0.3, -0.25) is 4.79 Å². The van der Waals surface area contributed by atoms with Gasteiger partial charge in [-0.15, -0.1) is 6.42 Å². The Morgan fingerprint density at radius 2 is 2.06 bits per heavy atom. The van der Waals surface area contributed by atoms with Crippen molar-refractivity contribution < 1.29 is 14.7 Å². The molecule has 2 amide bonds. The van der Waals surface area contributed by atoms with Gasteiger partial charge in [0.2, 0.25) is 0 Å². The van der Waals surface area contributed by atoms with Crippen molar-refractivity contribution in [1.29, 1.82) is 0 Å². The van der Waals surface area contributed by atoms with Crippen molar-refractivity contribution in [1.82, 2.24) is 10.2 Å². The number of hydrogen-bond acceptors (Lipinski definition) is 2. The van der Waals surface area contributed by atoms with Crippen LogP contribution in [0.1, 0.15) is 20.8 Å². The molecule has 90 valence electrons. The predicted octanol–water partition coefficient (Wildman–Crippen LogP) is 0.760. The summed E-state index contributed by atoms with van der Waals surface area (Å²) in [7, 11) is 1.53. The molecule has 0 spiro atoms. The third kappa shape index (κ3) is 4.69. The van der Waals surface area contributed by atoms with Crippen molar-refractivity contribution in [2.24, 2.45) is 5.92 Å². The lowest BCUT2D eigenvalue weighted by molar-refractivity contribution is -0.141. The molecule has 0 aromatic heterocycles. The van der Waals surface area contributed by atoms with E-state index < -0.39 is 17.4 Å². The molecular weight excluding hydrogens is 208 g/mol. The van der Waals surface area contributed by atoms with Gasteiger partial charge in [-0.1, -0.05) is 12.8 Å². The van der Waals surface area contributed by atoms with E-state index in [1.54, 1.807) is 20.8 Å². The third-order valence-corrected chi connectivity index (χ3v) is 2.10. The first-order chi connectivity index (χ1) is 7.19. The first kappa shape index (κ1) is 14.3. The normalized spacial score (nSPS) is 12.4. The van der Waals surface area contributed by atoms with E-state index in [4.69, 9.17) is 11.5 Å². The zero-order chi connectivity index (χ0) is 12.9. The van der Waals surface area contributed by atoms with Gasteiger partial charge >= 0.3 is 12.0 Å². The molecule has 0 aliphatic carbocycles.